The van der Waals surface area contributed by atoms with Crippen LogP contribution in [0.15, 0.2) is 23.6 Å². The number of anilines is 1. The molecular formula is C15H13ClN4S. The maximum atomic E-state index is 9.15. The molecule has 21 heavy (non-hydrogen) atoms. The Hall–Kier alpha value is -2.03. The van der Waals surface area contributed by atoms with E-state index in [-0.39, 0.29) is 0 Å². The Balaban J connectivity index is 1.94. The van der Waals surface area contributed by atoms with E-state index in [0.29, 0.717) is 17.1 Å². The van der Waals surface area contributed by atoms with Gasteiger partial charge in [0.2, 0.25) is 0 Å². The number of thiazole rings is 1. The molecule has 0 fully saturated rings. The van der Waals surface area contributed by atoms with E-state index < -0.39 is 0 Å². The Bertz CT molecular complexity index is 857. The molecule has 6 heteroatoms. The maximum absolute atomic E-state index is 9.15. The van der Waals surface area contributed by atoms with Crippen LogP contribution in [0.2, 0.25) is 5.02 Å². The first kappa shape index (κ1) is 13.9. The fourth-order valence-electron chi connectivity index (χ4n) is 2.31. The molecule has 1 aromatic carbocycles. The van der Waals surface area contributed by atoms with E-state index in [1.165, 1.54) is 5.69 Å². The molecule has 0 aliphatic heterocycles. The van der Waals surface area contributed by atoms with Crippen molar-refractivity contribution in [1.29, 1.82) is 5.26 Å². The van der Waals surface area contributed by atoms with E-state index in [1.54, 1.807) is 29.5 Å². The molecule has 0 atom stereocenters. The van der Waals surface area contributed by atoms with Crippen molar-refractivity contribution >= 4 is 33.6 Å². The van der Waals surface area contributed by atoms with Crippen LogP contribution in [0.4, 0.5) is 5.69 Å². The number of benzene rings is 1. The SMILES string of the molecule is Cc1nc2scc(C)n2c1CNc1cc(Cl)ccc1C#N. The number of aryl methyl sites for hydroxylation is 2. The number of fused-ring (bicyclic) bond motifs is 1. The third-order valence-corrected chi connectivity index (χ3v) is 4.56. The van der Waals surface area contributed by atoms with Gasteiger partial charge in [0, 0.05) is 16.1 Å². The average Bonchev–Trinajstić information content (AvgIpc) is 2.96. The minimum atomic E-state index is 0.583. The van der Waals surface area contributed by atoms with Crippen molar-refractivity contribution in [2.75, 3.05) is 5.32 Å². The summed E-state index contributed by atoms with van der Waals surface area (Å²) in [5, 5.41) is 15.1. The van der Waals surface area contributed by atoms with Gasteiger partial charge < -0.3 is 5.32 Å². The highest BCUT2D eigenvalue weighted by Crippen LogP contribution is 2.24. The van der Waals surface area contributed by atoms with Gasteiger partial charge in [-0.3, -0.25) is 4.40 Å². The molecule has 0 aliphatic carbocycles. The molecule has 0 saturated heterocycles. The highest BCUT2D eigenvalue weighted by molar-refractivity contribution is 7.15. The van der Waals surface area contributed by atoms with Crippen LogP contribution in [-0.4, -0.2) is 9.38 Å². The molecule has 0 aliphatic rings. The number of rotatable bonds is 3. The normalized spacial score (nSPS) is 10.8. The molecule has 0 amide bonds. The number of nitriles is 1. The Morgan fingerprint density at radius 2 is 2.24 bits per heavy atom. The van der Waals surface area contributed by atoms with Crippen molar-refractivity contribution < 1.29 is 0 Å². The summed E-state index contributed by atoms with van der Waals surface area (Å²) >= 11 is 7.63. The second-order valence-corrected chi connectivity index (χ2v) is 6.07. The van der Waals surface area contributed by atoms with Crippen LogP contribution >= 0.6 is 22.9 Å². The van der Waals surface area contributed by atoms with E-state index >= 15 is 0 Å². The van der Waals surface area contributed by atoms with Crippen molar-refractivity contribution in [3.8, 4) is 6.07 Å². The van der Waals surface area contributed by atoms with Gasteiger partial charge in [-0.25, -0.2) is 4.98 Å². The van der Waals surface area contributed by atoms with Crippen LogP contribution in [0, 0.1) is 25.2 Å². The molecule has 0 bridgehead atoms. The van der Waals surface area contributed by atoms with E-state index in [0.717, 1.165) is 22.0 Å². The number of halogens is 1. The molecule has 2 aromatic heterocycles. The lowest BCUT2D eigenvalue weighted by atomic mass is 10.2. The molecule has 1 N–H and O–H groups in total. The number of hydrogen-bond acceptors (Lipinski definition) is 4. The van der Waals surface area contributed by atoms with Gasteiger partial charge in [-0.15, -0.1) is 11.3 Å². The second-order valence-electron chi connectivity index (χ2n) is 4.79. The van der Waals surface area contributed by atoms with Crippen LogP contribution in [0.1, 0.15) is 22.6 Å². The maximum Gasteiger partial charge on any atom is 0.194 e. The Labute approximate surface area is 131 Å². The van der Waals surface area contributed by atoms with E-state index in [2.05, 4.69) is 33.1 Å². The van der Waals surface area contributed by atoms with E-state index in [4.69, 9.17) is 16.9 Å². The monoisotopic (exact) mass is 316 g/mol. The number of aromatic nitrogens is 2. The number of hydrogen-bond donors (Lipinski definition) is 1. The predicted octanol–water partition coefficient (Wildman–Crippen LogP) is 4.15. The number of nitrogens with one attached hydrogen (secondary N) is 1. The zero-order valence-electron chi connectivity index (χ0n) is 11.6. The van der Waals surface area contributed by atoms with Gasteiger partial charge in [-0.1, -0.05) is 11.6 Å². The van der Waals surface area contributed by atoms with Gasteiger partial charge in [0.1, 0.15) is 6.07 Å². The molecule has 2 heterocycles. The second kappa shape index (κ2) is 5.40. The third kappa shape index (κ3) is 2.48. The van der Waals surface area contributed by atoms with Crippen LogP contribution in [0.25, 0.3) is 4.96 Å². The Morgan fingerprint density at radius 1 is 1.43 bits per heavy atom. The lowest BCUT2D eigenvalue weighted by Crippen LogP contribution is -2.06. The minimum absolute atomic E-state index is 0.583. The summed E-state index contributed by atoms with van der Waals surface area (Å²) in [6, 6.07) is 7.38. The van der Waals surface area contributed by atoms with Crippen molar-refractivity contribution in [2.45, 2.75) is 20.4 Å². The quantitative estimate of drug-likeness (QED) is 0.789. The topological polar surface area (TPSA) is 53.1 Å². The van der Waals surface area contributed by atoms with Gasteiger partial charge in [0.15, 0.2) is 4.96 Å². The zero-order valence-corrected chi connectivity index (χ0v) is 13.2. The molecule has 106 valence electrons. The molecule has 4 nitrogen and oxygen atoms in total. The Kier molecular flexibility index (Phi) is 3.58. The molecular weight excluding hydrogens is 304 g/mol. The first-order chi connectivity index (χ1) is 10.1. The minimum Gasteiger partial charge on any atom is -0.378 e. The summed E-state index contributed by atoms with van der Waals surface area (Å²) < 4.78 is 2.14. The first-order valence-electron chi connectivity index (χ1n) is 6.45. The predicted molar refractivity (Wildman–Crippen MR) is 86.0 cm³/mol. The van der Waals surface area contributed by atoms with Crippen LogP contribution in [0.3, 0.4) is 0 Å². The fourth-order valence-corrected chi connectivity index (χ4v) is 3.42. The van der Waals surface area contributed by atoms with Gasteiger partial charge >= 0.3 is 0 Å². The van der Waals surface area contributed by atoms with Crippen LogP contribution in [0.5, 0.6) is 0 Å². The Morgan fingerprint density at radius 3 is 3.00 bits per heavy atom. The largest absolute Gasteiger partial charge is 0.378 e. The first-order valence-corrected chi connectivity index (χ1v) is 7.71. The summed E-state index contributed by atoms with van der Waals surface area (Å²) in [5.74, 6) is 0. The molecule has 0 radical (unpaired) electrons. The van der Waals surface area contributed by atoms with Crippen molar-refractivity contribution in [1.82, 2.24) is 9.38 Å². The van der Waals surface area contributed by atoms with E-state index in [1.807, 2.05) is 6.92 Å². The molecule has 0 unspecified atom stereocenters. The third-order valence-electron chi connectivity index (χ3n) is 3.38. The van der Waals surface area contributed by atoms with Crippen LogP contribution in [-0.2, 0) is 6.54 Å². The lowest BCUT2D eigenvalue weighted by molar-refractivity contribution is 0.966. The summed E-state index contributed by atoms with van der Waals surface area (Å²) in [5.41, 5.74) is 4.59. The smallest absolute Gasteiger partial charge is 0.194 e. The summed E-state index contributed by atoms with van der Waals surface area (Å²) in [6.45, 7) is 4.66. The lowest BCUT2D eigenvalue weighted by Gasteiger charge is -2.09. The molecule has 0 saturated carbocycles. The fraction of sp³-hybridized carbons (Fsp3) is 0.200. The average molecular weight is 317 g/mol. The summed E-state index contributed by atoms with van der Waals surface area (Å²) in [4.78, 5) is 5.55. The molecule has 0 spiro atoms. The van der Waals surface area contributed by atoms with Crippen molar-refractivity contribution in [2.24, 2.45) is 0 Å². The standard InChI is InChI=1S/C15H13ClN4S/c1-9-8-21-15-19-10(2)14(20(9)15)7-18-13-5-12(16)4-3-11(13)6-17/h3-5,8,18H,7H2,1-2H3. The number of nitrogens with zero attached hydrogens (tertiary/aromatic N) is 3. The highest BCUT2D eigenvalue weighted by atomic mass is 35.5. The summed E-state index contributed by atoms with van der Waals surface area (Å²) in [7, 11) is 0. The van der Waals surface area contributed by atoms with Gasteiger partial charge in [-0.05, 0) is 32.0 Å². The molecule has 3 rings (SSSR count). The van der Waals surface area contributed by atoms with Crippen LogP contribution < -0.4 is 5.32 Å². The van der Waals surface area contributed by atoms with Gasteiger partial charge in [0.05, 0.1) is 29.2 Å². The van der Waals surface area contributed by atoms with Gasteiger partial charge in [-0.2, -0.15) is 5.26 Å². The number of imidazole rings is 1. The van der Waals surface area contributed by atoms with E-state index in [9.17, 15) is 0 Å². The highest BCUT2D eigenvalue weighted by Gasteiger charge is 2.12. The van der Waals surface area contributed by atoms with Crippen molar-refractivity contribution in [3.05, 3.63) is 51.2 Å². The zero-order chi connectivity index (χ0) is 15.0. The van der Waals surface area contributed by atoms with Gasteiger partial charge in [0.25, 0.3) is 0 Å². The summed E-state index contributed by atoms with van der Waals surface area (Å²) in [6.07, 6.45) is 0. The van der Waals surface area contributed by atoms with Crippen molar-refractivity contribution in [3.63, 3.8) is 0 Å². The molecule has 3 aromatic rings.